The van der Waals surface area contributed by atoms with Gasteiger partial charge in [0.15, 0.2) is 23.2 Å². The average Bonchev–Trinajstić information content (AvgIpc) is 2.99. The summed E-state index contributed by atoms with van der Waals surface area (Å²) in [5.41, 5.74) is 2.62. The molecule has 5 rings (SSSR count). The fraction of sp³-hybridized carbons (Fsp3) is 0.441. The van der Waals surface area contributed by atoms with E-state index in [9.17, 15) is 22.4 Å². The molecule has 0 aliphatic heterocycles. The van der Waals surface area contributed by atoms with Crippen LogP contribution in [0.2, 0.25) is 0 Å². The first-order valence-corrected chi connectivity index (χ1v) is 14.6. The summed E-state index contributed by atoms with van der Waals surface area (Å²) in [4.78, 5) is 12.9. The lowest BCUT2D eigenvalue weighted by Crippen LogP contribution is -2.29. The maximum atomic E-state index is 14.6. The molecule has 2 aliphatic rings. The quantitative estimate of drug-likeness (QED) is 0.211. The van der Waals surface area contributed by atoms with Crippen molar-refractivity contribution in [3.8, 4) is 16.9 Å². The molecule has 3 aromatic rings. The zero-order valence-corrected chi connectivity index (χ0v) is 23.5. The third-order valence-electron chi connectivity index (χ3n) is 8.80. The van der Waals surface area contributed by atoms with Gasteiger partial charge in [-0.1, -0.05) is 36.4 Å². The van der Waals surface area contributed by atoms with E-state index in [1.165, 1.54) is 12.1 Å². The van der Waals surface area contributed by atoms with Crippen LogP contribution in [0.4, 0.5) is 17.6 Å². The molecular weight excluding hydrogens is 532 g/mol. The van der Waals surface area contributed by atoms with Crippen LogP contribution < -0.4 is 4.74 Å². The van der Waals surface area contributed by atoms with Crippen LogP contribution in [0.15, 0.2) is 48.5 Å². The van der Waals surface area contributed by atoms with Gasteiger partial charge in [-0.15, -0.1) is 0 Å². The fourth-order valence-electron chi connectivity index (χ4n) is 6.35. The largest absolute Gasteiger partial charge is 0.491 e. The predicted molar refractivity (Wildman–Crippen MR) is 150 cm³/mol. The topological polar surface area (TPSA) is 35.5 Å². The predicted octanol–water partition coefficient (Wildman–Crippen LogP) is 9.16. The van der Waals surface area contributed by atoms with Crippen LogP contribution >= 0.6 is 0 Å². The lowest BCUT2D eigenvalue weighted by atomic mass is 9.78. The van der Waals surface area contributed by atoms with Gasteiger partial charge in [-0.3, -0.25) is 4.79 Å². The normalized spacial score (nSPS) is 22.8. The minimum absolute atomic E-state index is 0.0631. The van der Waals surface area contributed by atoms with Gasteiger partial charge in [0.25, 0.3) is 0 Å². The van der Waals surface area contributed by atoms with E-state index in [0.29, 0.717) is 42.4 Å². The number of carbonyl (C=O) groups is 1. The van der Waals surface area contributed by atoms with E-state index in [2.05, 4.69) is 0 Å². The Labute approximate surface area is 238 Å². The van der Waals surface area contributed by atoms with Crippen molar-refractivity contribution in [2.75, 3.05) is 6.61 Å². The molecule has 41 heavy (non-hydrogen) atoms. The molecule has 0 heterocycles. The molecule has 0 unspecified atom stereocenters. The van der Waals surface area contributed by atoms with E-state index < -0.39 is 23.3 Å². The molecule has 0 atom stereocenters. The van der Waals surface area contributed by atoms with Gasteiger partial charge >= 0.3 is 5.97 Å². The molecule has 218 valence electrons. The van der Waals surface area contributed by atoms with Gasteiger partial charge in [-0.25, -0.2) is 13.2 Å². The number of hydrogen-bond acceptors (Lipinski definition) is 3. The number of esters is 1. The lowest BCUT2D eigenvalue weighted by Gasteiger charge is -2.32. The van der Waals surface area contributed by atoms with Gasteiger partial charge in [-0.2, -0.15) is 4.39 Å². The second kappa shape index (κ2) is 12.7. The Morgan fingerprint density at radius 1 is 0.732 bits per heavy atom. The Hall–Kier alpha value is -3.35. The van der Waals surface area contributed by atoms with Gasteiger partial charge < -0.3 is 9.47 Å². The van der Waals surface area contributed by atoms with Crippen molar-refractivity contribution in [1.82, 2.24) is 0 Å². The second-order valence-corrected chi connectivity index (χ2v) is 11.4. The molecule has 0 aromatic heterocycles. The van der Waals surface area contributed by atoms with Gasteiger partial charge in [0.2, 0.25) is 5.82 Å². The Balaban J connectivity index is 1.11. The van der Waals surface area contributed by atoms with Crippen molar-refractivity contribution >= 4 is 5.97 Å². The Morgan fingerprint density at radius 3 is 2.05 bits per heavy atom. The summed E-state index contributed by atoms with van der Waals surface area (Å²) in [7, 11) is 0. The van der Waals surface area contributed by atoms with Crippen LogP contribution in [0.25, 0.3) is 11.1 Å². The number of carbonyl (C=O) groups excluding carboxylic acids is 1. The fourth-order valence-corrected chi connectivity index (χ4v) is 6.35. The highest BCUT2D eigenvalue weighted by molar-refractivity contribution is 5.73. The van der Waals surface area contributed by atoms with Crippen LogP contribution in [-0.4, -0.2) is 18.7 Å². The minimum atomic E-state index is -0.984. The molecule has 2 saturated carbocycles. The van der Waals surface area contributed by atoms with Crippen LogP contribution in [-0.2, 0) is 9.53 Å². The van der Waals surface area contributed by atoms with Gasteiger partial charge in [0.05, 0.1) is 12.5 Å². The first kappa shape index (κ1) is 29.2. The zero-order chi connectivity index (χ0) is 29.1. The first-order chi connectivity index (χ1) is 19.8. The number of rotatable bonds is 7. The number of hydrogen-bond donors (Lipinski definition) is 0. The van der Waals surface area contributed by atoms with Crippen LogP contribution in [0.5, 0.6) is 5.75 Å². The number of halogens is 4. The number of ether oxygens (including phenoxy) is 2. The highest BCUT2D eigenvalue weighted by Gasteiger charge is 2.32. The molecule has 0 radical (unpaired) electrons. The summed E-state index contributed by atoms with van der Waals surface area (Å²) in [6, 6.07) is 13.8. The van der Waals surface area contributed by atoms with Crippen LogP contribution in [0, 0.1) is 36.1 Å². The molecule has 2 fully saturated rings. The minimum Gasteiger partial charge on any atom is -0.491 e. The maximum Gasteiger partial charge on any atom is 0.309 e. The summed E-state index contributed by atoms with van der Waals surface area (Å²) in [5.74, 6) is -3.62. The monoisotopic (exact) mass is 568 g/mol. The summed E-state index contributed by atoms with van der Waals surface area (Å²) >= 11 is 0. The van der Waals surface area contributed by atoms with E-state index in [4.69, 9.17) is 9.47 Å². The van der Waals surface area contributed by atoms with E-state index in [1.807, 2.05) is 12.1 Å². The summed E-state index contributed by atoms with van der Waals surface area (Å²) in [6.45, 7) is 3.53. The molecule has 0 amide bonds. The van der Waals surface area contributed by atoms with E-state index >= 15 is 0 Å². The van der Waals surface area contributed by atoms with Crippen LogP contribution in [0.1, 0.15) is 86.8 Å². The summed E-state index contributed by atoms with van der Waals surface area (Å²) < 4.78 is 68.4. The lowest BCUT2D eigenvalue weighted by molar-refractivity contribution is -0.157. The zero-order valence-electron chi connectivity index (χ0n) is 23.5. The SMILES string of the molecule is CCOc1ccc(-c2ccc(C3CCC(C(=O)OC4CCC(c5ccc(C)c(F)c5F)CC4)CC3)cc2)c(F)c1F. The maximum absolute atomic E-state index is 14.6. The average molecular weight is 569 g/mol. The molecule has 3 nitrogen and oxygen atoms in total. The Kier molecular flexibility index (Phi) is 9.00. The van der Waals surface area contributed by atoms with Gasteiger partial charge in [-0.05, 0) is 111 Å². The smallest absolute Gasteiger partial charge is 0.309 e. The molecule has 2 aliphatic carbocycles. The molecule has 0 spiro atoms. The van der Waals surface area contributed by atoms with E-state index in [-0.39, 0.29) is 47.7 Å². The second-order valence-electron chi connectivity index (χ2n) is 11.4. The molecule has 0 saturated heterocycles. The van der Waals surface area contributed by atoms with Gasteiger partial charge in [0.1, 0.15) is 6.10 Å². The molecule has 0 bridgehead atoms. The third-order valence-corrected chi connectivity index (χ3v) is 8.80. The van der Waals surface area contributed by atoms with Crippen LogP contribution in [0.3, 0.4) is 0 Å². The van der Waals surface area contributed by atoms with Crippen molar-refractivity contribution in [3.05, 3.63) is 88.5 Å². The van der Waals surface area contributed by atoms with Gasteiger partial charge in [0, 0.05) is 5.56 Å². The highest BCUT2D eigenvalue weighted by Crippen LogP contribution is 2.40. The highest BCUT2D eigenvalue weighted by atomic mass is 19.2. The summed E-state index contributed by atoms with van der Waals surface area (Å²) in [5, 5.41) is 0. The van der Waals surface area contributed by atoms with E-state index in [1.54, 1.807) is 38.1 Å². The molecular formula is C34H36F4O3. The van der Waals surface area contributed by atoms with Crippen molar-refractivity contribution in [3.63, 3.8) is 0 Å². The first-order valence-electron chi connectivity index (χ1n) is 14.6. The number of aryl methyl sites for hydroxylation is 1. The Morgan fingerprint density at radius 2 is 1.39 bits per heavy atom. The van der Waals surface area contributed by atoms with Crippen molar-refractivity contribution < 1.29 is 31.8 Å². The molecule has 7 heteroatoms. The standard InChI is InChI=1S/C34H36F4O3/c1-3-40-29-19-18-28(32(37)33(29)38)23-9-5-21(6-10-23)22-7-11-25(12-8-22)34(39)41-26-15-13-24(14-16-26)27-17-4-20(2)30(35)31(27)36/h4-6,9-10,17-19,22,24-26H,3,7-8,11-16H2,1-2H3. The molecule has 3 aromatic carbocycles. The Bertz CT molecular complexity index is 1370. The number of benzene rings is 3. The summed E-state index contributed by atoms with van der Waals surface area (Å²) in [6.07, 6.45) is 5.57. The molecule has 0 N–H and O–H groups in total. The van der Waals surface area contributed by atoms with Crippen molar-refractivity contribution in [2.24, 2.45) is 5.92 Å². The van der Waals surface area contributed by atoms with E-state index in [0.717, 1.165) is 31.2 Å². The van der Waals surface area contributed by atoms with Crippen molar-refractivity contribution in [1.29, 1.82) is 0 Å². The third kappa shape index (κ3) is 6.29. The van der Waals surface area contributed by atoms with Crippen molar-refractivity contribution in [2.45, 2.75) is 83.2 Å².